The van der Waals surface area contributed by atoms with E-state index in [2.05, 4.69) is 5.32 Å². The van der Waals surface area contributed by atoms with Crippen LogP contribution in [0.3, 0.4) is 0 Å². The summed E-state index contributed by atoms with van der Waals surface area (Å²) >= 11 is 0. The third kappa shape index (κ3) is 4.43. The van der Waals surface area contributed by atoms with Crippen LogP contribution in [0.25, 0.3) is 0 Å². The molecule has 7 nitrogen and oxygen atoms in total. The van der Waals surface area contributed by atoms with Crippen LogP contribution in [-0.4, -0.2) is 30.3 Å². The molecule has 3 amide bonds. The first-order valence-electron chi connectivity index (χ1n) is 8.90. The number of anilines is 1. The van der Waals surface area contributed by atoms with Crippen LogP contribution in [0.5, 0.6) is 0 Å². The number of hydrogen-bond acceptors (Lipinski definition) is 5. The highest BCUT2D eigenvalue weighted by Crippen LogP contribution is 2.22. The van der Waals surface area contributed by atoms with Crippen molar-refractivity contribution in [3.8, 4) is 0 Å². The van der Waals surface area contributed by atoms with Gasteiger partial charge in [-0.15, -0.1) is 0 Å². The van der Waals surface area contributed by atoms with E-state index >= 15 is 0 Å². The van der Waals surface area contributed by atoms with Crippen LogP contribution in [0.4, 0.5) is 5.69 Å². The van der Waals surface area contributed by atoms with E-state index in [0.29, 0.717) is 12.2 Å². The van der Waals surface area contributed by atoms with E-state index in [9.17, 15) is 19.2 Å². The van der Waals surface area contributed by atoms with Gasteiger partial charge in [0.25, 0.3) is 5.91 Å². The van der Waals surface area contributed by atoms with Crippen molar-refractivity contribution < 1.29 is 23.9 Å². The second-order valence-electron chi connectivity index (χ2n) is 6.45. The molecule has 0 aromatic heterocycles. The fourth-order valence-corrected chi connectivity index (χ4v) is 2.88. The van der Waals surface area contributed by atoms with Gasteiger partial charge in [0.1, 0.15) is 0 Å². The maximum Gasteiger partial charge on any atom is 0.338 e. The first-order chi connectivity index (χ1) is 13.5. The molecule has 144 valence electrons. The number of carbonyl (C=O) groups excluding carboxylic acids is 4. The van der Waals surface area contributed by atoms with Crippen LogP contribution in [0, 0.1) is 6.92 Å². The quantitative estimate of drug-likeness (QED) is 0.612. The number of imide groups is 1. The normalized spacial score (nSPS) is 13.5. The largest absolute Gasteiger partial charge is 0.452 e. The average molecular weight is 380 g/mol. The summed E-state index contributed by atoms with van der Waals surface area (Å²) in [5.74, 6) is -1.57. The van der Waals surface area contributed by atoms with Gasteiger partial charge in [-0.3, -0.25) is 19.3 Å². The maximum absolute atomic E-state index is 12.1. The summed E-state index contributed by atoms with van der Waals surface area (Å²) in [7, 11) is 0. The number of ether oxygens (including phenoxy) is 1. The Morgan fingerprint density at radius 1 is 1.00 bits per heavy atom. The molecule has 7 heteroatoms. The number of carbonyl (C=O) groups is 4. The van der Waals surface area contributed by atoms with E-state index in [0.717, 1.165) is 16.0 Å². The van der Waals surface area contributed by atoms with Gasteiger partial charge < -0.3 is 10.1 Å². The first kappa shape index (κ1) is 19.3. The number of rotatable bonds is 6. The fraction of sp³-hybridized carbons (Fsp3) is 0.238. The molecule has 0 unspecified atom stereocenters. The summed E-state index contributed by atoms with van der Waals surface area (Å²) in [6, 6.07) is 13.6. The van der Waals surface area contributed by atoms with Gasteiger partial charge in [0.05, 0.1) is 11.3 Å². The van der Waals surface area contributed by atoms with Crippen LogP contribution in [0.2, 0.25) is 0 Å². The third-order valence-electron chi connectivity index (χ3n) is 4.48. The lowest BCUT2D eigenvalue weighted by atomic mass is 10.1. The molecule has 0 saturated carbocycles. The minimum atomic E-state index is -0.656. The molecule has 1 heterocycles. The Morgan fingerprint density at radius 2 is 1.64 bits per heavy atom. The van der Waals surface area contributed by atoms with Gasteiger partial charge in [0.15, 0.2) is 6.61 Å². The van der Waals surface area contributed by atoms with E-state index in [4.69, 9.17) is 4.74 Å². The summed E-state index contributed by atoms with van der Waals surface area (Å²) in [4.78, 5) is 48.6. The summed E-state index contributed by atoms with van der Waals surface area (Å²) in [5, 5.41) is 2.70. The van der Waals surface area contributed by atoms with Crippen LogP contribution in [0.15, 0.2) is 48.5 Å². The van der Waals surface area contributed by atoms with Crippen LogP contribution in [0.1, 0.15) is 34.3 Å². The molecular weight excluding hydrogens is 360 g/mol. The van der Waals surface area contributed by atoms with E-state index < -0.39 is 18.5 Å². The van der Waals surface area contributed by atoms with E-state index in [-0.39, 0.29) is 30.2 Å². The van der Waals surface area contributed by atoms with Crippen molar-refractivity contribution in [2.24, 2.45) is 0 Å². The summed E-state index contributed by atoms with van der Waals surface area (Å²) in [6.07, 6.45) is 0.389. The first-order valence-corrected chi connectivity index (χ1v) is 8.90. The molecule has 1 saturated heterocycles. The Kier molecular flexibility index (Phi) is 5.84. The molecule has 0 bridgehead atoms. The minimum Gasteiger partial charge on any atom is -0.452 e. The Hall–Kier alpha value is -3.48. The smallest absolute Gasteiger partial charge is 0.338 e. The number of aryl methyl sites for hydroxylation is 1. The minimum absolute atomic E-state index is 0.195. The summed E-state index contributed by atoms with van der Waals surface area (Å²) in [5.41, 5.74) is 2.70. The number of nitrogens with one attached hydrogen (secondary N) is 1. The van der Waals surface area contributed by atoms with Gasteiger partial charge in [-0.25, -0.2) is 4.79 Å². The molecular formula is C21H20N2O5. The van der Waals surface area contributed by atoms with Crippen molar-refractivity contribution in [1.82, 2.24) is 5.32 Å². The standard InChI is InChI=1S/C21H20N2O5/c1-14-4-2-3-5-16(14)12-22-18(24)13-28-21(27)15-6-8-17(9-7-15)23-19(25)10-11-20(23)26/h2-9H,10-13H2,1H3,(H,22,24). The van der Waals surface area contributed by atoms with E-state index in [1.54, 1.807) is 0 Å². The number of amides is 3. The van der Waals surface area contributed by atoms with Gasteiger partial charge in [0, 0.05) is 19.4 Å². The highest BCUT2D eigenvalue weighted by molar-refractivity contribution is 6.19. The maximum atomic E-state index is 12.1. The van der Waals surface area contributed by atoms with Crippen molar-refractivity contribution in [3.05, 3.63) is 65.2 Å². The Bertz CT molecular complexity index is 905. The molecule has 1 aliphatic heterocycles. The molecule has 0 spiro atoms. The lowest BCUT2D eigenvalue weighted by Crippen LogP contribution is -2.29. The molecule has 0 atom stereocenters. The van der Waals surface area contributed by atoms with Crippen molar-refractivity contribution in [2.75, 3.05) is 11.5 Å². The molecule has 1 fully saturated rings. The zero-order valence-corrected chi connectivity index (χ0v) is 15.4. The monoisotopic (exact) mass is 380 g/mol. The molecule has 0 radical (unpaired) electrons. The second-order valence-corrected chi connectivity index (χ2v) is 6.45. The van der Waals surface area contributed by atoms with Gasteiger partial charge in [-0.1, -0.05) is 24.3 Å². The average Bonchev–Trinajstić information content (AvgIpc) is 3.04. The second kappa shape index (κ2) is 8.47. The topological polar surface area (TPSA) is 92.8 Å². The predicted octanol–water partition coefficient (Wildman–Crippen LogP) is 2.12. The van der Waals surface area contributed by atoms with Gasteiger partial charge in [0.2, 0.25) is 11.8 Å². The molecule has 1 N–H and O–H groups in total. The van der Waals surface area contributed by atoms with Gasteiger partial charge >= 0.3 is 5.97 Å². The summed E-state index contributed by atoms with van der Waals surface area (Å²) < 4.78 is 5.02. The van der Waals surface area contributed by atoms with E-state index in [1.807, 2.05) is 31.2 Å². The Balaban J connectivity index is 1.50. The SMILES string of the molecule is Cc1ccccc1CNC(=O)COC(=O)c1ccc(N2C(=O)CCC2=O)cc1. The van der Waals surface area contributed by atoms with Crippen molar-refractivity contribution in [3.63, 3.8) is 0 Å². The third-order valence-corrected chi connectivity index (χ3v) is 4.48. The molecule has 3 rings (SSSR count). The van der Waals surface area contributed by atoms with Crippen LogP contribution < -0.4 is 10.2 Å². The highest BCUT2D eigenvalue weighted by Gasteiger charge is 2.30. The van der Waals surface area contributed by atoms with E-state index in [1.165, 1.54) is 24.3 Å². The molecule has 0 aliphatic carbocycles. The molecule has 28 heavy (non-hydrogen) atoms. The lowest BCUT2D eigenvalue weighted by molar-refractivity contribution is -0.124. The fourth-order valence-electron chi connectivity index (χ4n) is 2.88. The number of esters is 1. The van der Waals surface area contributed by atoms with Crippen molar-refractivity contribution >= 4 is 29.4 Å². The number of benzene rings is 2. The van der Waals surface area contributed by atoms with Gasteiger partial charge in [-0.2, -0.15) is 0 Å². The van der Waals surface area contributed by atoms with Gasteiger partial charge in [-0.05, 0) is 42.3 Å². The zero-order chi connectivity index (χ0) is 20.1. The highest BCUT2D eigenvalue weighted by atomic mass is 16.5. The summed E-state index contributed by atoms with van der Waals surface area (Å²) in [6.45, 7) is 1.92. The Labute approximate surface area is 162 Å². The zero-order valence-electron chi connectivity index (χ0n) is 15.4. The van der Waals surface area contributed by atoms with Crippen molar-refractivity contribution in [1.29, 1.82) is 0 Å². The van der Waals surface area contributed by atoms with Crippen molar-refractivity contribution in [2.45, 2.75) is 26.3 Å². The lowest BCUT2D eigenvalue weighted by Gasteiger charge is -2.14. The van der Waals surface area contributed by atoms with Crippen LogP contribution >= 0.6 is 0 Å². The molecule has 2 aromatic rings. The predicted molar refractivity (Wildman–Crippen MR) is 101 cm³/mol. The van der Waals surface area contributed by atoms with Crippen LogP contribution in [-0.2, 0) is 25.7 Å². The molecule has 2 aromatic carbocycles. The Morgan fingerprint density at radius 3 is 2.29 bits per heavy atom. The number of nitrogens with zero attached hydrogens (tertiary/aromatic N) is 1. The number of hydrogen-bond donors (Lipinski definition) is 1. The molecule has 1 aliphatic rings.